The molecular weight excluding hydrogens is 262 g/mol. The maximum Gasteiger partial charge on any atom is 0.150 e. The molecule has 2 N–H and O–H groups in total. The highest BCUT2D eigenvalue weighted by atomic mass is 32.2. The summed E-state index contributed by atoms with van der Waals surface area (Å²) in [5.41, 5.74) is 6.14. The van der Waals surface area contributed by atoms with Gasteiger partial charge in [-0.1, -0.05) is 24.8 Å². The summed E-state index contributed by atoms with van der Waals surface area (Å²) in [6, 6.07) is 7.36. The van der Waals surface area contributed by atoms with Crippen LogP contribution in [0, 0.1) is 11.8 Å². The van der Waals surface area contributed by atoms with Gasteiger partial charge in [-0.2, -0.15) is 0 Å². The van der Waals surface area contributed by atoms with Crippen molar-refractivity contribution in [3.8, 4) is 17.6 Å². The van der Waals surface area contributed by atoms with Crippen molar-refractivity contribution >= 4 is 9.84 Å². The molecule has 104 valence electrons. The monoisotopic (exact) mass is 281 g/mol. The van der Waals surface area contributed by atoms with E-state index in [1.165, 1.54) is 0 Å². The van der Waals surface area contributed by atoms with Gasteiger partial charge in [-0.15, -0.1) is 0 Å². The van der Waals surface area contributed by atoms with Gasteiger partial charge in [-0.3, -0.25) is 0 Å². The van der Waals surface area contributed by atoms with Gasteiger partial charge in [0.05, 0.1) is 18.9 Å². The first-order valence-electron chi connectivity index (χ1n) is 6.19. The van der Waals surface area contributed by atoms with Crippen molar-refractivity contribution < 1.29 is 13.2 Å². The molecular formula is C14H19NO3S. The molecule has 0 unspecified atom stereocenters. The Hall–Kier alpha value is -1.51. The summed E-state index contributed by atoms with van der Waals surface area (Å²) in [6.45, 7) is 2.35. The molecule has 0 saturated carbocycles. The second kappa shape index (κ2) is 7.82. The maximum atomic E-state index is 11.3. The maximum absolute atomic E-state index is 11.3. The number of sulfone groups is 1. The minimum Gasteiger partial charge on any atom is -0.494 e. The van der Waals surface area contributed by atoms with E-state index in [1.807, 2.05) is 24.3 Å². The summed E-state index contributed by atoms with van der Waals surface area (Å²) in [4.78, 5) is 0. The number of benzene rings is 1. The van der Waals surface area contributed by atoms with Crippen molar-refractivity contribution in [2.45, 2.75) is 13.3 Å². The van der Waals surface area contributed by atoms with E-state index in [4.69, 9.17) is 10.5 Å². The second-order valence-corrected chi connectivity index (χ2v) is 6.44. The van der Waals surface area contributed by atoms with Crippen LogP contribution < -0.4 is 10.5 Å². The van der Waals surface area contributed by atoms with Gasteiger partial charge in [0.25, 0.3) is 0 Å². The molecule has 5 heteroatoms. The first-order valence-corrected chi connectivity index (χ1v) is 8.02. The van der Waals surface area contributed by atoms with Crippen LogP contribution in [0.5, 0.6) is 5.75 Å². The Morgan fingerprint density at radius 3 is 2.84 bits per heavy atom. The van der Waals surface area contributed by atoms with Gasteiger partial charge in [-0.25, -0.2) is 8.42 Å². The van der Waals surface area contributed by atoms with E-state index in [-0.39, 0.29) is 11.5 Å². The molecule has 1 rings (SSSR count). The van der Waals surface area contributed by atoms with Crippen molar-refractivity contribution in [3.63, 3.8) is 0 Å². The number of rotatable bonds is 6. The SMILES string of the molecule is CCS(=O)(=O)CCCOc1cccc(C#CCN)c1. The minimum atomic E-state index is -2.91. The highest BCUT2D eigenvalue weighted by molar-refractivity contribution is 7.91. The molecule has 0 radical (unpaired) electrons. The molecule has 0 aromatic heterocycles. The average molecular weight is 281 g/mol. The first-order chi connectivity index (χ1) is 9.07. The Balaban J connectivity index is 2.46. The van der Waals surface area contributed by atoms with Gasteiger partial charge in [0.15, 0.2) is 0 Å². The van der Waals surface area contributed by atoms with Crippen LogP contribution in [0.1, 0.15) is 18.9 Å². The quantitative estimate of drug-likeness (QED) is 0.628. The molecule has 0 spiro atoms. The van der Waals surface area contributed by atoms with E-state index >= 15 is 0 Å². The van der Waals surface area contributed by atoms with Crippen LogP contribution in [0.3, 0.4) is 0 Å². The van der Waals surface area contributed by atoms with E-state index < -0.39 is 9.84 Å². The minimum absolute atomic E-state index is 0.163. The van der Waals surface area contributed by atoms with Crippen LogP contribution in [0.2, 0.25) is 0 Å². The smallest absolute Gasteiger partial charge is 0.150 e. The number of ether oxygens (including phenoxy) is 1. The zero-order valence-electron chi connectivity index (χ0n) is 11.1. The zero-order valence-corrected chi connectivity index (χ0v) is 11.9. The zero-order chi connectivity index (χ0) is 14.1. The Morgan fingerprint density at radius 2 is 2.16 bits per heavy atom. The lowest BCUT2D eigenvalue weighted by molar-refractivity contribution is 0.317. The fourth-order valence-corrected chi connectivity index (χ4v) is 2.28. The van der Waals surface area contributed by atoms with Crippen LogP contribution >= 0.6 is 0 Å². The second-order valence-electron chi connectivity index (χ2n) is 3.97. The lowest BCUT2D eigenvalue weighted by Gasteiger charge is -2.06. The Bertz CT molecular complexity index is 556. The van der Waals surface area contributed by atoms with Crippen molar-refractivity contribution in [1.82, 2.24) is 0 Å². The summed E-state index contributed by atoms with van der Waals surface area (Å²) < 4.78 is 28.1. The van der Waals surface area contributed by atoms with Gasteiger partial charge in [0.2, 0.25) is 0 Å². The Labute approximate surface area is 114 Å². The average Bonchev–Trinajstić information content (AvgIpc) is 2.42. The molecule has 0 amide bonds. The Morgan fingerprint density at radius 1 is 1.37 bits per heavy atom. The summed E-state index contributed by atoms with van der Waals surface area (Å²) in [5.74, 6) is 6.72. The fraction of sp³-hybridized carbons (Fsp3) is 0.429. The third kappa shape index (κ3) is 6.27. The summed E-state index contributed by atoms with van der Waals surface area (Å²) in [6.07, 6.45) is 0.495. The third-order valence-corrected chi connectivity index (χ3v) is 4.27. The lowest BCUT2D eigenvalue weighted by atomic mass is 10.2. The van der Waals surface area contributed by atoms with E-state index in [1.54, 1.807) is 6.92 Å². The molecule has 0 saturated heterocycles. The standard InChI is InChI=1S/C14H19NO3S/c1-2-19(16,17)11-5-10-18-14-8-3-6-13(12-14)7-4-9-15/h3,6,8,12H,2,5,9-11,15H2,1H3. The van der Waals surface area contributed by atoms with Crippen molar-refractivity contribution in [2.75, 3.05) is 24.7 Å². The fourth-order valence-electron chi connectivity index (χ4n) is 1.43. The predicted octanol–water partition coefficient (Wildman–Crippen LogP) is 1.20. The van der Waals surface area contributed by atoms with E-state index in [2.05, 4.69) is 11.8 Å². The van der Waals surface area contributed by atoms with Gasteiger partial charge < -0.3 is 10.5 Å². The van der Waals surface area contributed by atoms with Crippen LogP contribution in [0.4, 0.5) is 0 Å². The molecule has 4 nitrogen and oxygen atoms in total. The van der Waals surface area contributed by atoms with E-state index in [9.17, 15) is 8.42 Å². The van der Waals surface area contributed by atoms with Crippen LogP contribution in [-0.2, 0) is 9.84 Å². The molecule has 0 aliphatic rings. The molecule has 0 bridgehead atoms. The predicted molar refractivity (Wildman–Crippen MR) is 76.8 cm³/mol. The lowest BCUT2D eigenvalue weighted by Crippen LogP contribution is -2.11. The van der Waals surface area contributed by atoms with Crippen LogP contribution in [0.15, 0.2) is 24.3 Å². The topological polar surface area (TPSA) is 69.4 Å². The molecule has 0 aliphatic heterocycles. The normalized spacial score (nSPS) is 10.6. The number of hydrogen-bond donors (Lipinski definition) is 1. The molecule has 0 atom stereocenters. The van der Waals surface area contributed by atoms with Crippen LogP contribution in [-0.4, -0.2) is 33.1 Å². The molecule has 19 heavy (non-hydrogen) atoms. The van der Waals surface area contributed by atoms with Gasteiger partial charge in [-0.05, 0) is 24.6 Å². The van der Waals surface area contributed by atoms with Gasteiger partial charge in [0, 0.05) is 11.3 Å². The Kier molecular flexibility index (Phi) is 6.40. The summed E-state index contributed by atoms with van der Waals surface area (Å²) >= 11 is 0. The summed E-state index contributed by atoms with van der Waals surface area (Å²) in [5, 5.41) is 0. The molecule has 1 aromatic rings. The van der Waals surface area contributed by atoms with Gasteiger partial charge >= 0.3 is 0 Å². The van der Waals surface area contributed by atoms with Crippen molar-refractivity contribution in [3.05, 3.63) is 29.8 Å². The molecule has 0 aliphatic carbocycles. The third-order valence-electron chi connectivity index (χ3n) is 2.48. The van der Waals surface area contributed by atoms with E-state index in [0.717, 1.165) is 5.56 Å². The largest absolute Gasteiger partial charge is 0.494 e. The molecule has 0 heterocycles. The van der Waals surface area contributed by atoms with Crippen molar-refractivity contribution in [2.24, 2.45) is 5.73 Å². The van der Waals surface area contributed by atoms with Crippen molar-refractivity contribution in [1.29, 1.82) is 0 Å². The summed E-state index contributed by atoms with van der Waals surface area (Å²) in [7, 11) is -2.91. The molecule has 1 aromatic carbocycles. The molecule has 0 fully saturated rings. The highest BCUT2D eigenvalue weighted by Crippen LogP contribution is 2.12. The van der Waals surface area contributed by atoms with Crippen LogP contribution in [0.25, 0.3) is 0 Å². The highest BCUT2D eigenvalue weighted by Gasteiger charge is 2.06. The van der Waals surface area contributed by atoms with Gasteiger partial charge in [0.1, 0.15) is 15.6 Å². The number of nitrogens with two attached hydrogens (primary N) is 1. The number of hydrogen-bond acceptors (Lipinski definition) is 4. The van der Waals surface area contributed by atoms with E-state index in [0.29, 0.717) is 25.3 Å². The first kappa shape index (κ1) is 15.5.